The molecular formula is C30H32FNO4. The number of nitrogens with zero attached hydrogens (tertiary/aromatic N) is 1. The van der Waals surface area contributed by atoms with E-state index in [9.17, 15) is 9.90 Å². The number of phenols is 1. The summed E-state index contributed by atoms with van der Waals surface area (Å²) in [6.45, 7) is 2.41. The molecule has 5 nitrogen and oxygen atoms in total. The number of halogens is 1. The van der Waals surface area contributed by atoms with E-state index in [4.69, 9.17) is 9.47 Å². The molecule has 3 heterocycles. The minimum absolute atomic E-state index is 0.0149. The predicted molar refractivity (Wildman–Crippen MR) is 136 cm³/mol. The summed E-state index contributed by atoms with van der Waals surface area (Å²) in [7, 11) is 0. The van der Waals surface area contributed by atoms with E-state index in [1.54, 1.807) is 18.2 Å². The lowest BCUT2D eigenvalue weighted by Gasteiger charge is -2.40. The lowest BCUT2D eigenvalue weighted by atomic mass is 9.74. The third-order valence-corrected chi connectivity index (χ3v) is 8.38. The van der Waals surface area contributed by atoms with Gasteiger partial charge in [-0.1, -0.05) is 30.4 Å². The van der Waals surface area contributed by atoms with Gasteiger partial charge in [0.2, 0.25) is 0 Å². The third kappa shape index (κ3) is 4.21. The van der Waals surface area contributed by atoms with Crippen molar-refractivity contribution in [3.05, 3.63) is 77.1 Å². The van der Waals surface area contributed by atoms with E-state index in [0.29, 0.717) is 37.7 Å². The molecule has 2 aromatic rings. The lowest BCUT2D eigenvalue weighted by Crippen LogP contribution is -2.44. The quantitative estimate of drug-likeness (QED) is 0.573. The second kappa shape index (κ2) is 9.40. The molecule has 2 fully saturated rings. The van der Waals surface area contributed by atoms with Crippen molar-refractivity contribution in [1.82, 2.24) is 0 Å². The van der Waals surface area contributed by atoms with Crippen molar-refractivity contribution in [2.24, 2.45) is 11.8 Å². The van der Waals surface area contributed by atoms with Gasteiger partial charge in [0.1, 0.15) is 23.6 Å². The average molecular weight is 490 g/mol. The van der Waals surface area contributed by atoms with Crippen LogP contribution in [0.3, 0.4) is 0 Å². The van der Waals surface area contributed by atoms with Crippen LogP contribution in [-0.4, -0.2) is 43.3 Å². The second-order valence-electron chi connectivity index (χ2n) is 10.6. The van der Waals surface area contributed by atoms with Crippen LogP contribution in [0.2, 0.25) is 0 Å². The van der Waals surface area contributed by atoms with Gasteiger partial charge in [0, 0.05) is 42.5 Å². The zero-order valence-electron chi connectivity index (χ0n) is 20.4. The Hall–Kier alpha value is -3.12. The Morgan fingerprint density at radius 1 is 1.08 bits per heavy atom. The number of rotatable bonds is 4. The number of phenolic OH excluding ortho intramolecular Hbond substituents is 1. The van der Waals surface area contributed by atoms with Gasteiger partial charge in [-0.15, -0.1) is 0 Å². The molecule has 6 heteroatoms. The Morgan fingerprint density at radius 2 is 1.94 bits per heavy atom. The van der Waals surface area contributed by atoms with E-state index in [-0.39, 0.29) is 34.9 Å². The second-order valence-corrected chi connectivity index (χ2v) is 10.6. The van der Waals surface area contributed by atoms with Gasteiger partial charge >= 0.3 is 0 Å². The molecule has 0 bridgehead atoms. The number of piperidine rings is 1. The summed E-state index contributed by atoms with van der Waals surface area (Å²) in [5, 5.41) is 10.00. The molecule has 0 aromatic heterocycles. The number of allylic oxidation sites excluding steroid dienone is 3. The van der Waals surface area contributed by atoms with Gasteiger partial charge in [-0.2, -0.15) is 0 Å². The van der Waals surface area contributed by atoms with Crippen molar-refractivity contribution < 1.29 is 23.8 Å². The maximum absolute atomic E-state index is 15.7. The van der Waals surface area contributed by atoms with Crippen molar-refractivity contribution in [3.63, 3.8) is 0 Å². The molecule has 188 valence electrons. The summed E-state index contributed by atoms with van der Waals surface area (Å²) in [5.41, 5.74) is 3.49. The monoisotopic (exact) mass is 489 g/mol. The topological polar surface area (TPSA) is 59.0 Å². The van der Waals surface area contributed by atoms with Gasteiger partial charge in [-0.25, -0.2) is 4.39 Å². The van der Waals surface area contributed by atoms with E-state index in [1.165, 1.54) is 5.57 Å². The SMILES string of the molecule is O=CC1COC2(CCN(c3ccc(C4c5ccc(O)cc5OCC4C4=CCCC=C4)cc3F)CC2)C1. The number of benzene rings is 2. The maximum Gasteiger partial charge on any atom is 0.146 e. The molecule has 6 rings (SSSR count). The molecule has 0 amide bonds. The minimum atomic E-state index is -0.232. The molecule has 4 aliphatic rings. The summed E-state index contributed by atoms with van der Waals surface area (Å²) < 4.78 is 27.7. The van der Waals surface area contributed by atoms with Gasteiger partial charge in [-0.3, -0.25) is 0 Å². The van der Waals surface area contributed by atoms with Crippen LogP contribution in [0, 0.1) is 17.7 Å². The van der Waals surface area contributed by atoms with Crippen molar-refractivity contribution in [1.29, 1.82) is 0 Å². The Labute approximate surface area is 211 Å². The number of hydrogen-bond donors (Lipinski definition) is 1. The number of anilines is 1. The van der Waals surface area contributed by atoms with Crippen molar-refractivity contribution in [3.8, 4) is 11.5 Å². The summed E-state index contributed by atoms with van der Waals surface area (Å²) >= 11 is 0. The summed E-state index contributed by atoms with van der Waals surface area (Å²) in [6, 6.07) is 10.9. The van der Waals surface area contributed by atoms with Crippen LogP contribution < -0.4 is 9.64 Å². The Bertz CT molecular complexity index is 1210. The van der Waals surface area contributed by atoms with Crippen LogP contribution in [0.4, 0.5) is 10.1 Å². The van der Waals surface area contributed by atoms with Crippen LogP contribution >= 0.6 is 0 Å². The number of aromatic hydroxyl groups is 1. The maximum atomic E-state index is 15.7. The molecule has 0 radical (unpaired) electrons. The minimum Gasteiger partial charge on any atom is -0.508 e. The first-order valence-corrected chi connectivity index (χ1v) is 13.0. The fraction of sp³-hybridized carbons (Fsp3) is 0.433. The van der Waals surface area contributed by atoms with Gasteiger partial charge in [-0.05, 0) is 61.4 Å². The number of hydrogen-bond acceptors (Lipinski definition) is 5. The predicted octanol–water partition coefficient (Wildman–Crippen LogP) is 5.52. The van der Waals surface area contributed by atoms with E-state index in [2.05, 4.69) is 23.1 Å². The van der Waals surface area contributed by atoms with Crippen LogP contribution in [0.1, 0.15) is 49.1 Å². The number of ether oxygens (including phenoxy) is 2. The van der Waals surface area contributed by atoms with Crippen LogP contribution in [-0.2, 0) is 9.53 Å². The first-order chi connectivity index (χ1) is 17.5. The molecule has 3 aliphatic heterocycles. The Kier molecular flexibility index (Phi) is 6.08. The van der Waals surface area contributed by atoms with Gasteiger partial charge in [0.15, 0.2) is 0 Å². The van der Waals surface area contributed by atoms with Crippen molar-refractivity contribution in [2.45, 2.75) is 43.6 Å². The summed E-state index contributed by atoms with van der Waals surface area (Å²) in [4.78, 5) is 13.3. The molecule has 1 aliphatic carbocycles. The highest BCUT2D eigenvalue weighted by Gasteiger charge is 2.43. The molecule has 36 heavy (non-hydrogen) atoms. The number of carbonyl (C=O) groups excluding carboxylic acids is 1. The fourth-order valence-corrected chi connectivity index (χ4v) is 6.45. The first-order valence-electron chi connectivity index (χ1n) is 13.0. The van der Waals surface area contributed by atoms with E-state index in [0.717, 1.165) is 49.5 Å². The highest BCUT2D eigenvalue weighted by Crippen LogP contribution is 2.47. The molecule has 0 saturated carbocycles. The summed E-state index contributed by atoms with van der Waals surface area (Å²) in [5.74, 6) is 0.595. The molecule has 2 aromatic carbocycles. The zero-order valence-corrected chi connectivity index (χ0v) is 20.4. The molecule has 3 unspecified atom stereocenters. The molecule has 3 atom stereocenters. The van der Waals surface area contributed by atoms with Gasteiger partial charge < -0.3 is 24.3 Å². The summed E-state index contributed by atoms with van der Waals surface area (Å²) in [6.07, 6.45) is 12.0. The van der Waals surface area contributed by atoms with Crippen molar-refractivity contribution in [2.75, 3.05) is 31.2 Å². The molecule has 1 spiro atoms. The lowest BCUT2D eigenvalue weighted by molar-refractivity contribution is -0.111. The highest BCUT2D eigenvalue weighted by molar-refractivity contribution is 5.56. The van der Waals surface area contributed by atoms with E-state index in [1.807, 2.05) is 18.2 Å². The normalized spacial score (nSPS) is 26.9. The molecule has 1 N–H and O–H groups in total. The van der Waals surface area contributed by atoms with Crippen molar-refractivity contribution >= 4 is 12.0 Å². The largest absolute Gasteiger partial charge is 0.508 e. The standard InChI is InChI=1S/C30H32FNO4/c31-26-14-22(6-9-27(26)32-12-10-30(11-13-32)16-20(17-33)18-36-30)29-24-8-7-23(34)15-28(24)35-19-25(29)21-4-2-1-3-5-21/h2,4-9,14-15,17,20,25,29,34H,1,3,10-13,16,18-19H2. The van der Waals surface area contributed by atoms with Crippen LogP contribution in [0.5, 0.6) is 11.5 Å². The first kappa shape index (κ1) is 23.3. The fourth-order valence-electron chi connectivity index (χ4n) is 6.45. The zero-order chi connectivity index (χ0) is 24.7. The highest BCUT2D eigenvalue weighted by atomic mass is 19.1. The molecular weight excluding hydrogens is 457 g/mol. The average Bonchev–Trinajstić information content (AvgIpc) is 3.31. The van der Waals surface area contributed by atoms with Crippen LogP contribution in [0.15, 0.2) is 60.2 Å². The van der Waals surface area contributed by atoms with Crippen LogP contribution in [0.25, 0.3) is 0 Å². The van der Waals surface area contributed by atoms with E-state index < -0.39 is 0 Å². The number of fused-ring (bicyclic) bond motifs is 1. The Morgan fingerprint density at radius 3 is 2.67 bits per heavy atom. The number of aldehydes is 1. The number of carbonyl (C=O) groups is 1. The Balaban J connectivity index is 1.28. The van der Waals surface area contributed by atoms with Gasteiger partial charge in [0.25, 0.3) is 0 Å². The third-order valence-electron chi connectivity index (χ3n) is 8.38. The molecule has 2 saturated heterocycles. The van der Waals surface area contributed by atoms with E-state index >= 15 is 4.39 Å². The smallest absolute Gasteiger partial charge is 0.146 e. The van der Waals surface area contributed by atoms with Gasteiger partial charge in [0.05, 0.1) is 24.5 Å².